The standard InChI is InChI=1S/C26H25FN8O2/c1-4-23(36)31-19-14-35(15-19)24-20(12-29-25(33-24)32-18-8-10-34(3)13-18)17-5-6-22(21(27)11-17)37-26-28-9-7-16(2)30-26/h4-13,19H,1,14-15H2,2-3H3,(H,31,36)(H,29,32,33). The lowest BCUT2D eigenvalue weighted by atomic mass is 10.0. The van der Waals surface area contributed by atoms with E-state index in [1.54, 1.807) is 31.5 Å². The molecule has 0 spiro atoms. The molecule has 1 aromatic carbocycles. The van der Waals surface area contributed by atoms with Crippen LogP contribution in [-0.4, -0.2) is 49.5 Å². The van der Waals surface area contributed by atoms with E-state index in [0.29, 0.717) is 41.7 Å². The summed E-state index contributed by atoms with van der Waals surface area (Å²) in [5, 5.41) is 6.07. The topological polar surface area (TPSA) is 110 Å². The molecule has 0 unspecified atom stereocenters. The van der Waals surface area contributed by atoms with Gasteiger partial charge in [0.2, 0.25) is 11.9 Å². The van der Waals surface area contributed by atoms with Crippen molar-refractivity contribution in [2.75, 3.05) is 23.3 Å². The summed E-state index contributed by atoms with van der Waals surface area (Å²) in [5.74, 6) is 0.234. The summed E-state index contributed by atoms with van der Waals surface area (Å²) in [6.07, 6.45) is 8.27. The first-order valence-corrected chi connectivity index (χ1v) is 11.6. The highest BCUT2D eigenvalue weighted by Crippen LogP contribution is 2.35. The number of hydrogen-bond acceptors (Lipinski definition) is 8. The molecule has 188 valence electrons. The zero-order chi connectivity index (χ0) is 25.9. The van der Waals surface area contributed by atoms with Crippen LogP contribution in [0.1, 0.15) is 5.69 Å². The third-order valence-electron chi connectivity index (χ3n) is 5.79. The van der Waals surface area contributed by atoms with E-state index in [9.17, 15) is 4.79 Å². The van der Waals surface area contributed by atoms with Gasteiger partial charge >= 0.3 is 6.01 Å². The fourth-order valence-corrected chi connectivity index (χ4v) is 3.91. The van der Waals surface area contributed by atoms with Gasteiger partial charge in [-0.1, -0.05) is 12.6 Å². The van der Waals surface area contributed by atoms with E-state index in [0.717, 1.165) is 5.69 Å². The predicted molar refractivity (Wildman–Crippen MR) is 137 cm³/mol. The maximum absolute atomic E-state index is 15.1. The van der Waals surface area contributed by atoms with E-state index in [-0.39, 0.29) is 23.7 Å². The van der Waals surface area contributed by atoms with Crippen LogP contribution in [-0.2, 0) is 11.8 Å². The van der Waals surface area contributed by atoms with Crippen LogP contribution in [0.25, 0.3) is 11.1 Å². The lowest BCUT2D eigenvalue weighted by Crippen LogP contribution is -2.59. The van der Waals surface area contributed by atoms with Gasteiger partial charge in [-0.15, -0.1) is 0 Å². The molecule has 1 amide bonds. The van der Waals surface area contributed by atoms with E-state index < -0.39 is 5.82 Å². The molecule has 11 heteroatoms. The molecule has 10 nitrogen and oxygen atoms in total. The summed E-state index contributed by atoms with van der Waals surface area (Å²) < 4.78 is 22.5. The molecule has 0 saturated carbocycles. The molecule has 1 saturated heterocycles. The highest BCUT2D eigenvalue weighted by atomic mass is 19.1. The molecular formula is C26H25FN8O2. The number of carbonyl (C=O) groups is 1. The normalized spacial score (nSPS) is 13.1. The van der Waals surface area contributed by atoms with E-state index in [4.69, 9.17) is 9.72 Å². The predicted octanol–water partition coefficient (Wildman–Crippen LogP) is 3.75. The minimum atomic E-state index is -0.570. The lowest BCUT2D eigenvalue weighted by Gasteiger charge is -2.41. The highest BCUT2D eigenvalue weighted by Gasteiger charge is 2.31. The monoisotopic (exact) mass is 500 g/mol. The Morgan fingerprint density at radius 1 is 1.22 bits per heavy atom. The number of rotatable bonds is 8. The van der Waals surface area contributed by atoms with Gasteiger partial charge in [-0.3, -0.25) is 4.79 Å². The van der Waals surface area contributed by atoms with E-state index >= 15 is 4.39 Å². The van der Waals surface area contributed by atoms with Gasteiger partial charge in [0.25, 0.3) is 0 Å². The number of benzene rings is 1. The van der Waals surface area contributed by atoms with Gasteiger partial charge in [0.15, 0.2) is 11.6 Å². The maximum atomic E-state index is 15.1. The molecule has 1 fully saturated rings. The Morgan fingerprint density at radius 2 is 2.05 bits per heavy atom. The number of aryl methyl sites for hydroxylation is 2. The molecule has 0 bridgehead atoms. The molecule has 5 rings (SSSR count). The number of hydrogen-bond donors (Lipinski definition) is 2. The molecule has 1 aliphatic heterocycles. The van der Waals surface area contributed by atoms with Crippen LogP contribution in [0.2, 0.25) is 0 Å². The smallest absolute Gasteiger partial charge is 0.322 e. The van der Waals surface area contributed by atoms with Crippen LogP contribution in [0.5, 0.6) is 11.8 Å². The molecule has 1 aliphatic rings. The van der Waals surface area contributed by atoms with Crippen molar-refractivity contribution in [1.82, 2.24) is 29.8 Å². The average molecular weight is 501 g/mol. The second-order valence-electron chi connectivity index (χ2n) is 8.66. The van der Waals surface area contributed by atoms with Crippen molar-refractivity contribution in [3.63, 3.8) is 0 Å². The molecule has 4 aromatic rings. The second kappa shape index (κ2) is 10.1. The van der Waals surface area contributed by atoms with Gasteiger partial charge in [-0.25, -0.2) is 19.3 Å². The van der Waals surface area contributed by atoms with E-state index in [1.807, 2.05) is 35.0 Å². The Morgan fingerprint density at radius 3 is 2.76 bits per heavy atom. The summed E-state index contributed by atoms with van der Waals surface area (Å²) in [5.41, 5.74) is 2.77. The number of nitrogens with zero attached hydrogens (tertiary/aromatic N) is 6. The number of amides is 1. The summed E-state index contributed by atoms with van der Waals surface area (Å²) in [7, 11) is 1.92. The Kier molecular flexibility index (Phi) is 6.50. The third-order valence-corrected chi connectivity index (χ3v) is 5.79. The zero-order valence-electron chi connectivity index (χ0n) is 20.3. The zero-order valence-corrected chi connectivity index (χ0v) is 20.3. The minimum absolute atomic E-state index is 0.00957. The van der Waals surface area contributed by atoms with Gasteiger partial charge in [0.05, 0.1) is 11.7 Å². The second-order valence-corrected chi connectivity index (χ2v) is 8.66. The van der Waals surface area contributed by atoms with Crippen LogP contribution in [0.15, 0.2) is 67.8 Å². The lowest BCUT2D eigenvalue weighted by molar-refractivity contribution is -0.117. The van der Waals surface area contributed by atoms with Crippen molar-refractivity contribution in [3.05, 3.63) is 79.3 Å². The quantitative estimate of drug-likeness (QED) is 0.352. The molecular weight excluding hydrogens is 475 g/mol. The van der Waals surface area contributed by atoms with Crippen molar-refractivity contribution in [1.29, 1.82) is 0 Å². The van der Waals surface area contributed by atoms with Crippen LogP contribution < -0.4 is 20.3 Å². The van der Waals surface area contributed by atoms with Gasteiger partial charge in [-0.05, 0) is 42.8 Å². The van der Waals surface area contributed by atoms with Crippen molar-refractivity contribution in [2.45, 2.75) is 13.0 Å². The molecule has 37 heavy (non-hydrogen) atoms. The van der Waals surface area contributed by atoms with Crippen molar-refractivity contribution < 1.29 is 13.9 Å². The van der Waals surface area contributed by atoms with Gasteiger partial charge in [0.1, 0.15) is 5.82 Å². The van der Waals surface area contributed by atoms with Crippen molar-refractivity contribution in [2.24, 2.45) is 7.05 Å². The summed E-state index contributed by atoms with van der Waals surface area (Å²) in [4.78, 5) is 31.0. The Balaban J connectivity index is 1.43. The van der Waals surface area contributed by atoms with Crippen molar-refractivity contribution >= 4 is 23.4 Å². The summed E-state index contributed by atoms with van der Waals surface area (Å²) in [6.45, 7) is 6.38. The minimum Gasteiger partial charge on any atom is -0.421 e. The van der Waals surface area contributed by atoms with E-state index in [2.05, 4.69) is 32.2 Å². The number of ether oxygens (including phenoxy) is 1. The maximum Gasteiger partial charge on any atom is 0.322 e. The van der Waals surface area contributed by atoms with Crippen LogP contribution >= 0.6 is 0 Å². The van der Waals surface area contributed by atoms with Gasteiger partial charge < -0.3 is 24.8 Å². The third kappa shape index (κ3) is 5.40. The Hall–Kier alpha value is -4.80. The molecule has 4 heterocycles. The van der Waals surface area contributed by atoms with Crippen LogP contribution in [0, 0.1) is 12.7 Å². The molecule has 0 atom stereocenters. The largest absolute Gasteiger partial charge is 0.421 e. The molecule has 2 N–H and O–H groups in total. The summed E-state index contributed by atoms with van der Waals surface area (Å²) >= 11 is 0. The fraction of sp³-hybridized carbons (Fsp3) is 0.192. The van der Waals surface area contributed by atoms with Crippen molar-refractivity contribution in [3.8, 4) is 22.9 Å². The molecule has 0 aliphatic carbocycles. The molecule has 3 aromatic heterocycles. The number of halogens is 1. The Labute approximate surface area is 212 Å². The first-order chi connectivity index (χ1) is 17.9. The van der Waals surface area contributed by atoms with Crippen LogP contribution in [0.4, 0.5) is 21.8 Å². The SMILES string of the molecule is C=CC(=O)NC1CN(c2nc(Nc3ccn(C)c3)ncc2-c2ccc(Oc3nccc(C)n3)c(F)c2)C1. The molecule has 0 radical (unpaired) electrons. The van der Waals surface area contributed by atoms with Gasteiger partial charge in [-0.2, -0.15) is 4.98 Å². The Bertz CT molecular complexity index is 1460. The first kappa shape index (κ1) is 23.9. The average Bonchev–Trinajstić information content (AvgIpc) is 3.26. The number of aromatic nitrogens is 5. The number of nitrogens with one attached hydrogen (secondary N) is 2. The summed E-state index contributed by atoms with van der Waals surface area (Å²) in [6, 6.07) is 8.30. The first-order valence-electron chi connectivity index (χ1n) is 11.6. The van der Waals surface area contributed by atoms with Gasteiger partial charge in [0, 0.05) is 56.2 Å². The fourth-order valence-electron chi connectivity index (χ4n) is 3.91. The number of carbonyl (C=O) groups excluding carboxylic acids is 1. The number of anilines is 3. The highest BCUT2D eigenvalue weighted by molar-refractivity contribution is 5.87. The van der Waals surface area contributed by atoms with E-state index in [1.165, 1.54) is 18.2 Å². The van der Waals surface area contributed by atoms with Crippen LogP contribution in [0.3, 0.4) is 0 Å².